The van der Waals surface area contributed by atoms with Gasteiger partial charge in [-0.3, -0.25) is 0 Å². The van der Waals surface area contributed by atoms with Crippen LogP contribution in [0.25, 0.3) is 117 Å². The summed E-state index contributed by atoms with van der Waals surface area (Å²) in [6.45, 7) is 4.77. The molecule has 0 fully saturated rings. The Morgan fingerprint density at radius 3 is 1.86 bits per heavy atom. The number of aromatic nitrogens is 4. The molecule has 3 heterocycles. The predicted molar refractivity (Wildman–Crippen MR) is 298 cm³/mol. The topological polar surface area (TPSA) is 56.7 Å². The molecule has 1 atom stereocenters. The number of para-hydroxylation sites is 3. The van der Waals surface area contributed by atoms with Crippen molar-refractivity contribution in [2.24, 2.45) is 0 Å². The molecule has 0 N–H and O–H groups in total. The quantitative estimate of drug-likeness (QED) is 0.167. The minimum Gasteiger partial charge on any atom is -0.455 e. The third-order valence-corrected chi connectivity index (χ3v) is 15.8. The van der Waals surface area contributed by atoms with Crippen LogP contribution in [0.15, 0.2) is 229 Å². The van der Waals surface area contributed by atoms with Gasteiger partial charge in [0.05, 0.1) is 16.6 Å². The van der Waals surface area contributed by atoms with Gasteiger partial charge in [-0.15, -0.1) is 0 Å². The summed E-state index contributed by atoms with van der Waals surface area (Å²) in [6, 6.07) is 81.2. The molecule has 3 aromatic heterocycles. The van der Waals surface area contributed by atoms with Gasteiger partial charge in [-0.1, -0.05) is 184 Å². The van der Waals surface area contributed by atoms with E-state index in [9.17, 15) is 0 Å². The zero-order valence-electron chi connectivity index (χ0n) is 40.3. The molecule has 2 aliphatic rings. The van der Waals surface area contributed by atoms with Crippen molar-refractivity contribution in [2.75, 3.05) is 0 Å². The maximum atomic E-state index is 6.85. The van der Waals surface area contributed by atoms with Crippen molar-refractivity contribution < 1.29 is 4.42 Å². The highest BCUT2D eigenvalue weighted by molar-refractivity contribution is 6.11. The molecule has 0 bridgehead atoms. The first-order chi connectivity index (χ1) is 35.9. The Bertz CT molecular complexity index is 4320. The van der Waals surface area contributed by atoms with E-state index in [1.807, 2.05) is 60.7 Å². The van der Waals surface area contributed by atoms with Gasteiger partial charge in [0.2, 0.25) is 0 Å². The van der Waals surface area contributed by atoms with Gasteiger partial charge in [0.1, 0.15) is 11.2 Å². The SMILES string of the molecule is CC1(C)c2ccccc2-c2cc3c(cc21)CC(c1ccc2oc4c(-c5nc(-c6ccccc6)nc(-c6ccccc6)n5)cccc4c2c1)c1ccc(-c2ccc4c5ccccc5n(-c5ccccc5)c4c2)cc1-3. The molecule has 5 heteroatoms. The van der Waals surface area contributed by atoms with Crippen molar-refractivity contribution in [3.8, 4) is 73.2 Å². The first-order valence-corrected chi connectivity index (χ1v) is 25.3. The summed E-state index contributed by atoms with van der Waals surface area (Å²) < 4.78 is 9.26. The van der Waals surface area contributed by atoms with Crippen molar-refractivity contribution in [3.05, 3.63) is 252 Å². The third kappa shape index (κ3) is 6.45. The molecule has 13 aromatic rings. The van der Waals surface area contributed by atoms with Crippen LogP contribution < -0.4 is 0 Å². The number of fused-ring (bicyclic) bond motifs is 12. The Labute approximate surface area is 422 Å². The zero-order valence-corrected chi connectivity index (χ0v) is 40.3. The molecule has 1 unspecified atom stereocenters. The summed E-state index contributed by atoms with van der Waals surface area (Å²) >= 11 is 0. The first kappa shape index (κ1) is 41.6. The minimum absolute atomic E-state index is 0.104. The number of furan rings is 1. The highest BCUT2D eigenvalue weighted by Gasteiger charge is 2.38. The van der Waals surface area contributed by atoms with E-state index in [0.717, 1.165) is 50.7 Å². The number of hydrogen-bond acceptors (Lipinski definition) is 4. The lowest BCUT2D eigenvalue weighted by Crippen LogP contribution is -2.17. The van der Waals surface area contributed by atoms with Crippen LogP contribution in [0.4, 0.5) is 0 Å². The predicted octanol–water partition coefficient (Wildman–Crippen LogP) is 17.2. The molecule has 15 rings (SSSR count). The second-order valence-corrected chi connectivity index (χ2v) is 20.3. The second-order valence-electron chi connectivity index (χ2n) is 20.3. The average molecular weight is 935 g/mol. The second kappa shape index (κ2) is 15.9. The van der Waals surface area contributed by atoms with E-state index in [4.69, 9.17) is 19.4 Å². The van der Waals surface area contributed by atoms with Crippen LogP contribution in [0.1, 0.15) is 47.6 Å². The fourth-order valence-electron chi connectivity index (χ4n) is 12.3. The lowest BCUT2D eigenvalue weighted by Gasteiger charge is -2.31. The molecule has 344 valence electrons. The maximum absolute atomic E-state index is 6.85. The van der Waals surface area contributed by atoms with E-state index in [0.29, 0.717) is 17.5 Å². The molecule has 73 heavy (non-hydrogen) atoms. The summed E-state index contributed by atoms with van der Waals surface area (Å²) in [4.78, 5) is 15.1. The van der Waals surface area contributed by atoms with Gasteiger partial charge in [-0.2, -0.15) is 0 Å². The van der Waals surface area contributed by atoms with Gasteiger partial charge in [-0.05, 0) is 122 Å². The molecule has 0 saturated carbocycles. The van der Waals surface area contributed by atoms with Crippen molar-refractivity contribution in [3.63, 3.8) is 0 Å². The van der Waals surface area contributed by atoms with Crippen LogP contribution in [0.2, 0.25) is 0 Å². The Balaban J connectivity index is 0.892. The molecular formula is C68H46N4O. The highest BCUT2D eigenvalue weighted by atomic mass is 16.3. The lowest BCUT2D eigenvalue weighted by atomic mass is 9.72. The monoisotopic (exact) mass is 934 g/mol. The highest BCUT2D eigenvalue weighted by Crippen LogP contribution is 2.54. The average Bonchev–Trinajstić information content (AvgIpc) is 4.09. The normalized spacial score (nSPS) is 14.4. The molecular weight excluding hydrogens is 889 g/mol. The summed E-state index contributed by atoms with van der Waals surface area (Å²) in [5.74, 6) is 1.91. The van der Waals surface area contributed by atoms with Crippen LogP contribution in [0, 0.1) is 0 Å². The Morgan fingerprint density at radius 1 is 0.425 bits per heavy atom. The first-order valence-electron chi connectivity index (χ1n) is 25.3. The van der Waals surface area contributed by atoms with Crippen LogP contribution in [0.5, 0.6) is 0 Å². The molecule has 0 spiro atoms. The van der Waals surface area contributed by atoms with E-state index in [2.05, 4.69) is 182 Å². The molecule has 2 aliphatic carbocycles. The van der Waals surface area contributed by atoms with Crippen molar-refractivity contribution in [1.82, 2.24) is 19.5 Å². The Morgan fingerprint density at radius 2 is 1.07 bits per heavy atom. The molecule has 10 aromatic carbocycles. The molecule has 5 nitrogen and oxygen atoms in total. The van der Waals surface area contributed by atoms with Crippen LogP contribution in [0.3, 0.4) is 0 Å². The summed E-state index contributed by atoms with van der Waals surface area (Å²) in [7, 11) is 0. The molecule has 0 saturated heterocycles. The largest absolute Gasteiger partial charge is 0.455 e. The zero-order chi connectivity index (χ0) is 48.4. The van der Waals surface area contributed by atoms with Crippen molar-refractivity contribution >= 4 is 43.7 Å². The number of benzene rings is 10. The summed E-state index contributed by atoms with van der Waals surface area (Å²) in [5.41, 5.74) is 22.2. The smallest absolute Gasteiger partial charge is 0.167 e. The number of hydrogen-bond donors (Lipinski definition) is 0. The minimum atomic E-state index is -0.111. The maximum Gasteiger partial charge on any atom is 0.167 e. The van der Waals surface area contributed by atoms with E-state index in [-0.39, 0.29) is 11.3 Å². The van der Waals surface area contributed by atoms with Crippen LogP contribution in [-0.2, 0) is 11.8 Å². The fraction of sp³-hybridized carbons (Fsp3) is 0.0735. The molecule has 0 radical (unpaired) electrons. The number of nitrogens with zero attached hydrogens (tertiary/aromatic N) is 4. The summed E-state index contributed by atoms with van der Waals surface area (Å²) in [6.07, 6.45) is 0.881. The van der Waals surface area contributed by atoms with E-state index >= 15 is 0 Å². The molecule has 0 aliphatic heterocycles. The van der Waals surface area contributed by atoms with E-state index in [1.54, 1.807) is 0 Å². The standard InChI is InChI=1S/C68H46N4O/c1-68(2)59-27-14-12-23-49(59)57-40-55-46(38-60(57)68)37-54(48-32-29-43(35-56(48)55)44-30-33-51-50-24-13-15-28-61(50)72(62(51)39-44)47-21-10-5-11-22-47)45-31-34-63-58(36-45)52-25-16-26-53(64(52)73-63)67-70-65(41-17-6-3-7-18-41)69-66(71-67)42-19-8-4-9-20-42/h3-36,38-40,54H,37H2,1-2H3. The van der Waals surface area contributed by atoms with Crippen molar-refractivity contribution in [2.45, 2.75) is 31.6 Å². The van der Waals surface area contributed by atoms with Gasteiger partial charge in [-0.25, -0.2) is 15.0 Å². The van der Waals surface area contributed by atoms with Crippen molar-refractivity contribution in [1.29, 1.82) is 0 Å². The fourth-order valence-corrected chi connectivity index (χ4v) is 12.3. The van der Waals surface area contributed by atoms with Gasteiger partial charge in [0.25, 0.3) is 0 Å². The number of rotatable bonds is 6. The van der Waals surface area contributed by atoms with Gasteiger partial charge in [0, 0.05) is 49.7 Å². The Kier molecular flexibility index (Phi) is 9.06. The molecule has 0 amide bonds. The van der Waals surface area contributed by atoms with Gasteiger partial charge in [0.15, 0.2) is 17.5 Å². The lowest BCUT2D eigenvalue weighted by molar-refractivity contribution is 0.657. The van der Waals surface area contributed by atoms with Gasteiger partial charge < -0.3 is 8.98 Å². The van der Waals surface area contributed by atoms with Crippen LogP contribution >= 0.6 is 0 Å². The van der Waals surface area contributed by atoms with Crippen LogP contribution in [-0.4, -0.2) is 19.5 Å². The Hall–Kier alpha value is -9.19. The van der Waals surface area contributed by atoms with E-state index < -0.39 is 0 Å². The van der Waals surface area contributed by atoms with Gasteiger partial charge >= 0.3 is 0 Å². The summed E-state index contributed by atoms with van der Waals surface area (Å²) in [5, 5.41) is 4.61. The third-order valence-electron chi connectivity index (χ3n) is 15.8. The van der Waals surface area contributed by atoms with E-state index in [1.165, 1.54) is 83.0 Å².